The summed E-state index contributed by atoms with van der Waals surface area (Å²) in [5.41, 5.74) is -0.487. The molecule has 1 N–H and O–H groups in total. The molecule has 1 rings (SSSR count). The lowest BCUT2D eigenvalue weighted by atomic mass is 9.83. The third kappa shape index (κ3) is 8.47. The van der Waals surface area contributed by atoms with Gasteiger partial charge in [0.2, 0.25) is 0 Å². The van der Waals surface area contributed by atoms with Gasteiger partial charge < -0.3 is 5.11 Å². The van der Waals surface area contributed by atoms with Crippen molar-refractivity contribution >= 4 is 0 Å². The lowest BCUT2D eigenvalue weighted by Gasteiger charge is -2.27. The predicted molar refractivity (Wildman–Crippen MR) is 84.3 cm³/mol. The average molecular weight is 266 g/mol. The molecule has 0 aromatic carbocycles. The standard InChI is InChI=1S/C18H34O/c1-3-4-5-6-7-11-15-18(2,19)16-14-17-12-9-8-10-13-17/h7,11,17,19H,3-6,8-10,12-16H2,1-2H3/b11-7-. The fraction of sp³-hybridized carbons (Fsp3) is 0.889. The smallest absolute Gasteiger partial charge is 0.0654 e. The molecule has 1 aliphatic rings. The van der Waals surface area contributed by atoms with Gasteiger partial charge >= 0.3 is 0 Å². The first-order valence-corrected chi connectivity index (χ1v) is 8.51. The van der Waals surface area contributed by atoms with Crippen LogP contribution in [0, 0.1) is 5.92 Å². The predicted octanol–water partition coefficient (Wildman–Crippen LogP) is 5.62. The largest absolute Gasteiger partial charge is 0.390 e. The van der Waals surface area contributed by atoms with Crippen LogP contribution in [-0.2, 0) is 0 Å². The Bertz CT molecular complexity index is 236. The zero-order chi connectivity index (χ0) is 14.0. The van der Waals surface area contributed by atoms with E-state index in [2.05, 4.69) is 19.1 Å². The van der Waals surface area contributed by atoms with Gasteiger partial charge in [0, 0.05) is 0 Å². The molecule has 112 valence electrons. The van der Waals surface area contributed by atoms with E-state index >= 15 is 0 Å². The minimum Gasteiger partial charge on any atom is -0.390 e. The van der Waals surface area contributed by atoms with Gasteiger partial charge in [0.05, 0.1) is 5.60 Å². The molecule has 0 spiro atoms. The Hall–Kier alpha value is -0.300. The Kier molecular flexibility index (Phi) is 8.45. The number of hydrogen-bond donors (Lipinski definition) is 1. The van der Waals surface area contributed by atoms with Gasteiger partial charge in [0.15, 0.2) is 0 Å². The van der Waals surface area contributed by atoms with Crippen LogP contribution in [0.1, 0.15) is 90.9 Å². The molecule has 0 aromatic heterocycles. The lowest BCUT2D eigenvalue weighted by Crippen LogP contribution is -2.24. The van der Waals surface area contributed by atoms with Crippen LogP contribution in [0.5, 0.6) is 0 Å². The van der Waals surface area contributed by atoms with E-state index in [1.807, 2.05) is 6.92 Å². The molecule has 0 aliphatic heterocycles. The van der Waals surface area contributed by atoms with E-state index in [1.165, 1.54) is 64.2 Å². The van der Waals surface area contributed by atoms with Crippen LogP contribution in [0.2, 0.25) is 0 Å². The average Bonchev–Trinajstić information content (AvgIpc) is 2.42. The summed E-state index contributed by atoms with van der Waals surface area (Å²) in [4.78, 5) is 0. The maximum Gasteiger partial charge on any atom is 0.0654 e. The molecule has 19 heavy (non-hydrogen) atoms. The summed E-state index contributed by atoms with van der Waals surface area (Å²) in [5.74, 6) is 0.883. The molecule has 1 heteroatoms. The summed E-state index contributed by atoms with van der Waals surface area (Å²) in [5, 5.41) is 10.4. The van der Waals surface area contributed by atoms with Gasteiger partial charge in [0.25, 0.3) is 0 Å². The van der Waals surface area contributed by atoms with Crippen LogP contribution >= 0.6 is 0 Å². The number of unbranched alkanes of at least 4 members (excludes halogenated alkanes) is 3. The first-order chi connectivity index (χ1) is 9.14. The second-order valence-electron chi connectivity index (χ2n) is 6.71. The van der Waals surface area contributed by atoms with Crippen LogP contribution < -0.4 is 0 Å². The van der Waals surface area contributed by atoms with Gasteiger partial charge in [-0.05, 0) is 44.9 Å². The molecule has 0 bridgehead atoms. The normalized spacial score (nSPS) is 20.8. The van der Waals surface area contributed by atoms with Gasteiger partial charge in [-0.15, -0.1) is 0 Å². The molecular weight excluding hydrogens is 232 g/mol. The number of rotatable bonds is 9. The first-order valence-electron chi connectivity index (χ1n) is 8.51. The summed E-state index contributed by atoms with van der Waals surface area (Å²) in [6.45, 7) is 4.24. The molecule has 0 radical (unpaired) electrons. The topological polar surface area (TPSA) is 20.2 Å². The van der Waals surface area contributed by atoms with Gasteiger partial charge in [-0.25, -0.2) is 0 Å². The minimum absolute atomic E-state index is 0.487. The monoisotopic (exact) mass is 266 g/mol. The minimum atomic E-state index is -0.487. The Morgan fingerprint density at radius 3 is 2.53 bits per heavy atom. The van der Waals surface area contributed by atoms with Crippen molar-refractivity contribution in [3.63, 3.8) is 0 Å². The summed E-state index contributed by atoms with van der Waals surface area (Å²) < 4.78 is 0. The highest BCUT2D eigenvalue weighted by atomic mass is 16.3. The Balaban J connectivity index is 2.12. The number of aliphatic hydroxyl groups is 1. The molecule has 0 aromatic rings. The Labute approximate surface area is 120 Å². The fourth-order valence-electron chi connectivity index (χ4n) is 3.06. The van der Waals surface area contributed by atoms with Gasteiger partial charge in [0.1, 0.15) is 0 Å². The van der Waals surface area contributed by atoms with E-state index in [0.29, 0.717) is 0 Å². The highest BCUT2D eigenvalue weighted by Crippen LogP contribution is 2.30. The van der Waals surface area contributed by atoms with Crippen LogP contribution in [0.15, 0.2) is 12.2 Å². The highest BCUT2D eigenvalue weighted by molar-refractivity contribution is 4.89. The molecule has 1 nitrogen and oxygen atoms in total. The molecule has 1 aliphatic carbocycles. The number of hydrogen-bond acceptors (Lipinski definition) is 1. The van der Waals surface area contributed by atoms with Gasteiger partial charge in [-0.3, -0.25) is 0 Å². The summed E-state index contributed by atoms with van der Waals surface area (Å²) in [6, 6.07) is 0. The zero-order valence-electron chi connectivity index (χ0n) is 13.2. The summed E-state index contributed by atoms with van der Waals surface area (Å²) >= 11 is 0. The maximum atomic E-state index is 10.4. The van der Waals surface area contributed by atoms with E-state index in [1.54, 1.807) is 0 Å². The van der Waals surface area contributed by atoms with Crippen molar-refractivity contribution in [3.05, 3.63) is 12.2 Å². The van der Waals surface area contributed by atoms with Crippen molar-refractivity contribution < 1.29 is 5.11 Å². The van der Waals surface area contributed by atoms with Crippen molar-refractivity contribution in [1.29, 1.82) is 0 Å². The third-order valence-electron chi connectivity index (χ3n) is 4.51. The van der Waals surface area contributed by atoms with E-state index < -0.39 is 5.60 Å². The summed E-state index contributed by atoms with van der Waals surface area (Å²) in [7, 11) is 0. The van der Waals surface area contributed by atoms with Crippen LogP contribution in [0.3, 0.4) is 0 Å². The third-order valence-corrected chi connectivity index (χ3v) is 4.51. The number of allylic oxidation sites excluding steroid dienone is 1. The van der Waals surface area contributed by atoms with Crippen molar-refractivity contribution in [1.82, 2.24) is 0 Å². The van der Waals surface area contributed by atoms with E-state index in [0.717, 1.165) is 18.8 Å². The van der Waals surface area contributed by atoms with Crippen LogP contribution in [-0.4, -0.2) is 10.7 Å². The maximum absolute atomic E-state index is 10.4. The van der Waals surface area contributed by atoms with Crippen LogP contribution in [0.25, 0.3) is 0 Å². The molecule has 0 amide bonds. The van der Waals surface area contributed by atoms with Gasteiger partial charge in [-0.2, -0.15) is 0 Å². The highest BCUT2D eigenvalue weighted by Gasteiger charge is 2.21. The molecule has 1 atom stereocenters. The van der Waals surface area contributed by atoms with Crippen molar-refractivity contribution in [2.75, 3.05) is 0 Å². The Morgan fingerprint density at radius 2 is 1.84 bits per heavy atom. The quantitative estimate of drug-likeness (QED) is 0.424. The Morgan fingerprint density at radius 1 is 1.11 bits per heavy atom. The molecule has 0 heterocycles. The fourth-order valence-corrected chi connectivity index (χ4v) is 3.06. The van der Waals surface area contributed by atoms with E-state index in [-0.39, 0.29) is 0 Å². The van der Waals surface area contributed by atoms with Crippen LogP contribution in [0.4, 0.5) is 0 Å². The van der Waals surface area contributed by atoms with Crippen molar-refractivity contribution in [2.24, 2.45) is 5.92 Å². The molecule has 1 unspecified atom stereocenters. The second-order valence-corrected chi connectivity index (χ2v) is 6.71. The lowest BCUT2D eigenvalue weighted by molar-refractivity contribution is 0.0450. The van der Waals surface area contributed by atoms with Crippen molar-refractivity contribution in [2.45, 2.75) is 96.5 Å². The molecule has 1 fully saturated rings. The van der Waals surface area contributed by atoms with E-state index in [4.69, 9.17) is 0 Å². The zero-order valence-corrected chi connectivity index (χ0v) is 13.2. The molecule has 0 saturated heterocycles. The second kappa shape index (κ2) is 9.58. The van der Waals surface area contributed by atoms with Gasteiger partial charge in [-0.1, -0.05) is 64.0 Å². The molecular formula is C18H34O. The SMILES string of the molecule is CCCCC/C=C\CC(C)(O)CCC1CCCCC1. The first kappa shape index (κ1) is 16.8. The van der Waals surface area contributed by atoms with Crippen molar-refractivity contribution in [3.8, 4) is 0 Å². The van der Waals surface area contributed by atoms with E-state index in [9.17, 15) is 5.11 Å². The molecule has 1 saturated carbocycles. The summed E-state index contributed by atoms with van der Waals surface area (Å²) in [6.07, 6.45) is 19.5.